The van der Waals surface area contributed by atoms with Crippen molar-refractivity contribution in [3.63, 3.8) is 0 Å². The minimum Gasteiger partial charge on any atom is -0.497 e. The van der Waals surface area contributed by atoms with Crippen LogP contribution in [-0.2, 0) is 17.6 Å². The second kappa shape index (κ2) is 15.4. The summed E-state index contributed by atoms with van der Waals surface area (Å²) in [7, 11) is 5.82. The average Bonchev–Trinajstić information content (AvgIpc) is 3.44. The molecule has 0 saturated carbocycles. The quantitative estimate of drug-likeness (QED) is 0.0782. The number of carbonyl (C=O) groups excluding carboxylic acids is 1. The van der Waals surface area contributed by atoms with Gasteiger partial charge in [0.1, 0.15) is 17.0 Å². The van der Waals surface area contributed by atoms with E-state index in [4.69, 9.17) is 18.9 Å². The highest BCUT2D eigenvalue weighted by atomic mass is 16.5. The van der Waals surface area contributed by atoms with E-state index in [0.29, 0.717) is 29.9 Å². The van der Waals surface area contributed by atoms with Crippen molar-refractivity contribution in [2.45, 2.75) is 39.0 Å². The largest absolute Gasteiger partial charge is 0.497 e. The maximum atomic E-state index is 12.3. The van der Waals surface area contributed by atoms with Crippen LogP contribution in [0.4, 0.5) is 0 Å². The van der Waals surface area contributed by atoms with E-state index in [-0.39, 0.29) is 5.91 Å². The lowest BCUT2D eigenvalue weighted by Gasteiger charge is -2.29. The number of nitrogens with one attached hydrogen (secondary N) is 1. The predicted octanol–water partition coefficient (Wildman–Crippen LogP) is 7.39. The zero-order valence-corrected chi connectivity index (χ0v) is 26.7. The van der Waals surface area contributed by atoms with Crippen LogP contribution < -0.4 is 14.8 Å². The third-order valence-corrected chi connectivity index (χ3v) is 7.57. The number of hydrogen-bond donors (Lipinski definition) is 1. The summed E-state index contributed by atoms with van der Waals surface area (Å²) < 4.78 is 18.7. The van der Waals surface area contributed by atoms with Crippen molar-refractivity contribution in [2.24, 2.45) is 0 Å². The Morgan fingerprint density at radius 3 is 2.59 bits per heavy atom. The molecule has 3 aromatic carbocycles. The topological polar surface area (TPSA) is 73.6 Å². The van der Waals surface area contributed by atoms with Crippen molar-refractivity contribution in [3.05, 3.63) is 91.0 Å². The number of likely N-dealkylation sites (N-methyl/N-ethyl adjacent to an activating group) is 1. The van der Waals surface area contributed by atoms with Crippen LogP contribution in [0.25, 0.3) is 33.7 Å². The highest BCUT2D eigenvalue weighted by Gasteiger charge is 2.20. The summed E-state index contributed by atoms with van der Waals surface area (Å²) in [5, 5.41) is 3.02. The van der Waals surface area contributed by atoms with E-state index in [0.717, 1.165) is 89.2 Å². The molecule has 1 aromatic heterocycles. The first-order chi connectivity index (χ1) is 21.3. The van der Waals surface area contributed by atoms with Gasteiger partial charge in [0.25, 0.3) is 5.91 Å². The summed E-state index contributed by atoms with van der Waals surface area (Å²) in [5.41, 5.74) is 6.52. The Labute approximate surface area is 261 Å². The van der Waals surface area contributed by atoms with Gasteiger partial charge in [-0.1, -0.05) is 37.6 Å². The van der Waals surface area contributed by atoms with Crippen LogP contribution in [0, 0.1) is 0 Å². The van der Waals surface area contributed by atoms with Crippen LogP contribution in [0.5, 0.6) is 11.5 Å². The molecule has 1 N–H and O–H groups in total. The van der Waals surface area contributed by atoms with E-state index in [1.807, 2.05) is 42.5 Å². The summed E-state index contributed by atoms with van der Waals surface area (Å²) in [4.78, 5) is 17.1. The summed E-state index contributed by atoms with van der Waals surface area (Å²) in [6, 6.07) is 18.2. The minimum absolute atomic E-state index is 0.0990. The molecule has 7 nitrogen and oxygen atoms in total. The fourth-order valence-corrected chi connectivity index (χ4v) is 5.28. The minimum atomic E-state index is 0.0990. The molecule has 0 saturated heterocycles. The summed E-state index contributed by atoms with van der Waals surface area (Å²) in [6.07, 6.45) is 8.09. The molecule has 7 heteroatoms. The zero-order valence-electron chi connectivity index (χ0n) is 26.7. The van der Waals surface area contributed by atoms with Crippen LogP contribution in [0.3, 0.4) is 0 Å². The standard InChI is InChI=1S/C37H45N3O4/c1-7-10-19-38-35(41)26-40(4,5)20-12-21-43-34-18-17-28(24-29(34)14-9-3)32-22-27(13-8-2)23-33-36(32)44-37(39-33)30-15-11-16-31(25-30)42-6/h8-9,11,15-18,22-25H,2-3,7,10,12-14,19-21,26H2,1,4-6H3/p+1. The van der Waals surface area contributed by atoms with E-state index >= 15 is 0 Å². The molecule has 0 bridgehead atoms. The lowest BCUT2D eigenvalue weighted by atomic mass is 9.97. The number of carbonyl (C=O) groups is 1. The van der Waals surface area contributed by atoms with Gasteiger partial charge in [0.05, 0.1) is 34.4 Å². The van der Waals surface area contributed by atoms with Crippen LogP contribution in [0.15, 0.2) is 84.3 Å². The fourth-order valence-electron chi connectivity index (χ4n) is 5.28. The van der Waals surface area contributed by atoms with Crippen molar-refractivity contribution < 1.29 is 23.2 Å². The van der Waals surface area contributed by atoms with Gasteiger partial charge in [0.15, 0.2) is 12.1 Å². The summed E-state index contributed by atoms with van der Waals surface area (Å²) in [5.74, 6) is 2.23. The van der Waals surface area contributed by atoms with Gasteiger partial charge < -0.3 is 23.7 Å². The third kappa shape index (κ3) is 8.60. The lowest BCUT2D eigenvalue weighted by molar-refractivity contribution is -0.882. The number of oxazole rings is 1. The molecule has 0 spiro atoms. The highest BCUT2D eigenvalue weighted by Crippen LogP contribution is 2.36. The van der Waals surface area contributed by atoms with Crippen molar-refractivity contribution in [1.82, 2.24) is 10.3 Å². The summed E-state index contributed by atoms with van der Waals surface area (Å²) in [6.45, 7) is 12.6. The SMILES string of the molecule is C=CCc1cc(-c2ccc(OCCC[N+](C)(C)CC(=O)NCCCC)c(CC=C)c2)c2oc(-c3cccc(OC)c3)nc2c1. The van der Waals surface area contributed by atoms with Gasteiger partial charge in [-0.3, -0.25) is 4.79 Å². The Morgan fingerprint density at radius 2 is 1.84 bits per heavy atom. The Morgan fingerprint density at radius 1 is 1.02 bits per heavy atom. The number of fused-ring (bicyclic) bond motifs is 1. The van der Waals surface area contributed by atoms with Crippen molar-refractivity contribution in [1.29, 1.82) is 0 Å². The number of allylic oxidation sites excluding steroid dienone is 2. The van der Waals surface area contributed by atoms with Crippen LogP contribution in [-0.4, -0.2) is 62.8 Å². The van der Waals surface area contributed by atoms with Crippen molar-refractivity contribution in [2.75, 3.05) is 47.4 Å². The fraction of sp³-hybridized carbons (Fsp3) is 0.351. The van der Waals surface area contributed by atoms with Gasteiger partial charge in [0.2, 0.25) is 5.89 Å². The summed E-state index contributed by atoms with van der Waals surface area (Å²) >= 11 is 0. The van der Waals surface area contributed by atoms with Gasteiger partial charge in [-0.15, -0.1) is 13.2 Å². The first-order valence-electron chi connectivity index (χ1n) is 15.4. The maximum absolute atomic E-state index is 12.3. The Kier molecular flexibility index (Phi) is 11.4. The van der Waals surface area contributed by atoms with Gasteiger partial charge in [0, 0.05) is 24.1 Å². The molecule has 0 aliphatic rings. The molecule has 4 rings (SSSR count). The number of amides is 1. The van der Waals surface area contributed by atoms with Gasteiger partial charge in [-0.2, -0.15) is 0 Å². The van der Waals surface area contributed by atoms with Gasteiger partial charge >= 0.3 is 0 Å². The molecular formula is C37H46N3O4+. The van der Waals surface area contributed by atoms with E-state index in [1.54, 1.807) is 7.11 Å². The Balaban J connectivity index is 1.54. The number of rotatable bonds is 17. The number of unbranched alkanes of at least 4 members (excludes halogenated alkanes) is 1. The van der Waals surface area contributed by atoms with E-state index in [9.17, 15) is 4.79 Å². The van der Waals surface area contributed by atoms with Crippen molar-refractivity contribution in [3.8, 4) is 34.1 Å². The Hall–Kier alpha value is -4.36. The van der Waals surface area contributed by atoms with Gasteiger partial charge in [-0.25, -0.2) is 4.98 Å². The molecule has 0 aliphatic carbocycles. The Bertz CT molecular complexity index is 1590. The van der Waals surface area contributed by atoms with Crippen LogP contribution >= 0.6 is 0 Å². The smallest absolute Gasteiger partial charge is 0.275 e. The molecule has 1 heterocycles. The van der Waals surface area contributed by atoms with E-state index in [2.05, 4.69) is 63.8 Å². The molecule has 0 atom stereocenters. The average molecular weight is 597 g/mol. The number of hydrogen-bond acceptors (Lipinski definition) is 5. The molecule has 232 valence electrons. The highest BCUT2D eigenvalue weighted by molar-refractivity contribution is 5.92. The third-order valence-electron chi connectivity index (χ3n) is 7.57. The molecule has 4 aromatic rings. The lowest BCUT2D eigenvalue weighted by Crippen LogP contribution is -2.48. The number of nitrogens with zero attached hydrogens (tertiary/aromatic N) is 2. The van der Waals surface area contributed by atoms with Crippen LogP contribution in [0.2, 0.25) is 0 Å². The first kappa shape index (κ1) is 32.6. The molecular weight excluding hydrogens is 550 g/mol. The monoisotopic (exact) mass is 596 g/mol. The number of benzene rings is 3. The van der Waals surface area contributed by atoms with E-state index in [1.165, 1.54) is 0 Å². The molecule has 0 fully saturated rings. The second-order valence-electron chi connectivity index (χ2n) is 11.8. The first-order valence-corrected chi connectivity index (χ1v) is 15.4. The molecule has 44 heavy (non-hydrogen) atoms. The predicted molar refractivity (Wildman–Crippen MR) is 179 cm³/mol. The number of ether oxygens (including phenoxy) is 2. The van der Waals surface area contributed by atoms with E-state index < -0.39 is 0 Å². The van der Waals surface area contributed by atoms with Crippen LogP contribution in [0.1, 0.15) is 37.3 Å². The number of quaternary nitrogens is 1. The molecule has 0 unspecified atom stereocenters. The molecule has 0 aliphatic heterocycles. The van der Waals surface area contributed by atoms with Crippen molar-refractivity contribution >= 4 is 17.0 Å². The molecule has 1 amide bonds. The number of aromatic nitrogens is 1. The second-order valence-corrected chi connectivity index (χ2v) is 11.8. The van der Waals surface area contributed by atoms with Gasteiger partial charge in [-0.05, 0) is 78.4 Å². The number of methoxy groups -OCH3 is 1. The molecule has 0 radical (unpaired) electrons. The normalized spacial score (nSPS) is 11.4. The zero-order chi connectivity index (χ0) is 31.5. The maximum Gasteiger partial charge on any atom is 0.275 e.